The average Bonchev–Trinajstić information content (AvgIpc) is 2.93. The van der Waals surface area contributed by atoms with Crippen LogP contribution in [0.3, 0.4) is 0 Å². The number of carbonyl (C=O) groups is 2. The summed E-state index contributed by atoms with van der Waals surface area (Å²) in [5, 5.41) is 12.0. The molecule has 0 bridgehead atoms. The first-order valence-electron chi connectivity index (χ1n) is 7.62. The van der Waals surface area contributed by atoms with E-state index in [-0.39, 0.29) is 17.2 Å². The Hall–Kier alpha value is -2.56. The van der Waals surface area contributed by atoms with E-state index in [0.717, 1.165) is 16.8 Å². The fraction of sp³-hybridized carbons (Fsp3) is 0.333. The maximum absolute atomic E-state index is 12.4. The fourth-order valence-corrected chi connectivity index (χ4v) is 2.50. The Morgan fingerprint density at radius 2 is 2.00 bits per heavy atom. The van der Waals surface area contributed by atoms with Gasteiger partial charge in [-0.2, -0.15) is 0 Å². The van der Waals surface area contributed by atoms with Gasteiger partial charge in [-0.3, -0.25) is 4.79 Å². The molecule has 5 nitrogen and oxygen atoms in total. The van der Waals surface area contributed by atoms with Crippen LogP contribution in [-0.4, -0.2) is 17.0 Å². The Labute approximate surface area is 135 Å². The molecule has 2 N–H and O–H groups in total. The lowest BCUT2D eigenvalue weighted by Crippen LogP contribution is -2.14. The molecule has 0 saturated carbocycles. The van der Waals surface area contributed by atoms with Crippen molar-refractivity contribution in [1.29, 1.82) is 0 Å². The highest BCUT2D eigenvalue weighted by Crippen LogP contribution is 2.28. The van der Waals surface area contributed by atoms with Crippen LogP contribution in [0.25, 0.3) is 0 Å². The number of benzene rings is 1. The Balaban J connectivity index is 2.35. The lowest BCUT2D eigenvalue weighted by Gasteiger charge is -2.15. The molecule has 0 spiro atoms. The number of hydrogen-bond donors (Lipinski definition) is 2. The van der Waals surface area contributed by atoms with Crippen molar-refractivity contribution in [2.24, 2.45) is 0 Å². The maximum atomic E-state index is 12.4. The van der Waals surface area contributed by atoms with E-state index in [2.05, 4.69) is 19.2 Å². The Kier molecular flexibility index (Phi) is 4.89. The summed E-state index contributed by atoms with van der Waals surface area (Å²) in [7, 11) is 0. The SMILES string of the molecule is CCc1oc(C(=O)Nc2c(C)cccc2C(C)C)cc1C(=O)O. The number of aromatic carboxylic acids is 1. The Bertz CT molecular complexity index is 743. The van der Waals surface area contributed by atoms with Crippen LogP contribution in [0.4, 0.5) is 5.69 Å². The Morgan fingerprint density at radius 3 is 2.52 bits per heavy atom. The Morgan fingerprint density at radius 1 is 1.30 bits per heavy atom. The third-order valence-electron chi connectivity index (χ3n) is 3.75. The molecule has 0 aliphatic carbocycles. The number of rotatable bonds is 5. The summed E-state index contributed by atoms with van der Waals surface area (Å²) in [5.41, 5.74) is 2.76. The molecule has 1 amide bonds. The van der Waals surface area contributed by atoms with Crippen molar-refractivity contribution in [2.75, 3.05) is 5.32 Å². The molecule has 5 heteroatoms. The lowest BCUT2D eigenvalue weighted by molar-refractivity contribution is 0.0694. The van der Waals surface area contributed by atoms with E-state index in [1.807, 2.05) is 25.1 Å². The first-order valence-corrected chi connectivity index (χ1v) is 7.62. The van der Waals surface area contributed by atoms with Crippen LogP contribution in [-0.2, 0) is 6.42 Å². The molecule has 0 atom stereocenters. The van der Waals surface area contributed by atoms with Crippen molar-refractivity contribution in [3.05, 3.63) is 52.5 Å². The number of nitrogens with one attached hydrogen (secondary N) is 1. The fourth-order valence-electron chi connectivity index (χ4n) is 2.50. The van der Waals surface area contributed by atoms with Crippen molar-refractivity contribution in [1.82, 2.24) is 0 Å². The summed E-state index contributed by atoms with van der Waals surface area (Å²) >= 11 is 0. The van der Waals surface area contributed by atoms with Gasteiger partial charge >= 0.3 is 5.97 Å². The number of carboxylic acids is 1. The minimum absolute atomic E-state index is 0.0113. The number of furan rings is 1. The van der Waals surface area contributed by atoms with Gasteiger partial charge in [-0.25, -0.2) is 4.79 Å². The number of carboxylic acid groups (broad SMARTS) is 1. The summed E-state index contributed by atoms with van der Waals surface area (Å²) in [6, 6.07) is 7.12. The van der Waals surface area contributed by atoms with Gasteiger partial charge in [0.05, 0.1) is 0 Å². The molecule has 2 rings (SSSR count). The number of anilines is 1. The van der Waals surface area contributed by atoms with Gasteiger partial charge in [0.15, 0.2) is 5.76 Å². The second-order valence-electron chi connectivity index (χ2n) is 5.75. The van der Waals surface area contributed by atoms with Crippen LogP contribution >= 0.6 is 0 Å². The molecule has 1 heterocycles. The van der Waals surface area contributed by atoms with Crippen LogP contribution in [0.2, 0.25) is 0 Å². The molecule has 1 aromatic carbocycles. The highest BCUT2D eigenvalue weighted by Gasteiger charge is 2.21. The zero-order chi connectivity index (χ0) is 17.1. The monoisotopic (exact) mass is 315 g/mol. The van der Waals surface area contributed by atoms with E-state index in [1.165, 1.54) is 6.07 Å². The maximum Gasteiger partial charge on any atom is 0.339 e. The van der Waals surface area contributed by atoms with Gasteiger partial charge in [0.1, 0.15) is 11.3 Å². The first kappa shape index (κ1) is 16.8. The molecule has 122 valence electrons. The molecule has 0 aliphatic heterocycles. The van der Waals surface area contributed by atoms with Crippen LogP contribution in [0.1, 0.15) is 64.5 Å². The second-order valence-corrected chi connectivity index (χ2v) is 5.75. The molecule has 2 aromatic rings. The van der Waals surface area contributed by atoms with E-state index >= 15 is 0 Å². The molecule has 0 unspecified atom stereocenters. The predicted octanol–water partition coefficient (Wildman–Crippen LogP) is 4.22. The quantitative estimate of drug-likeness (QED) is 0.865. The molecule has 0 aliphatic rings. The number of carbonyl (C=O) groups excluding carboxylic acids is 1. The summed E-state index contributed by atoms with van der Waals surface area (Å²) in [5.74, 6) is -0.969. The topological polar surface area (TPSA) is 79.5 Å². The highest BCUT2D eigenvalue weighted by molar-refractivity contribution is 6.04. The van der Waals surface area contributed by atoms with Gasteiger partial charge in [0.25, 0.3) is 5.91 Å². The third kappa shape index (κ3) is 3.44. The lowest BCUT2D eigenvalue weighted by atomic mass is 9.98. The van der Waals surface area contributed by atoms with E-state index in [4.69, 9.17) is 9.52 Å². The molecular formula is C18H21NO4. The van der Waals surface area contributed by atoms with Crippen molar-refractivity contribution in [3.63, 3.8) is 0 Å². The number of para-hydroxylation sites is 1. The van der Waals surface area contributed by atoms with Crippen LogP contribution in [0.5, 0.6) is 0 Å². The van der Waals surface area contributed by atoms with Crippen molar-refractivity contribution < 1.29 is 19.1 Å². The predicted molar refractivity (Wildman–Crippen MR) is 88.3 cm³/mol. The van der Waals surface area contributed by atoms with Gasteiger partial charge in [-0.1, -0.05) is 39.0 Å². The van der Waals surface area contributed by atoms with Gasteiger partial charge in [0.2, 0.25) is 0 Å². The van der Waals surface area contributed by atoms with Gasteiger partial charge in [-0.15, -0.1) is 0 Å². The molecule has 0 radical (unpaired) electrons. The van der Waals surface area contributed by atoms with Gasteiger partial charge in [-0.05, 0) is 24.0 Å². The largest absolute Gasteiger partial charge is 0.478 e. The smallest absolute Gasteiger partial charge is 0.339 e. The zero-order valence-corrected chi connectivity index (χ0v) is 13.8. The molecule has 0 saturated heterocycles. The average molecular weight is 315 g/mol. The van der Waals surface area contributed by atoms with Gasteiger partial charge in [0, 0.05) is 18.2 Å². The first-order chi connectivity index (χ1) is 10.8. The van der Waals surface area contributed by atoms with Gasteiger partial charge < -0.3 is 14.8 Å². The van der Waals surface area contributed by atoms with Crippen molar-refractivity contribution in [2.45, 2.75) is 40.0 Å². The zero-order valence-electron chi connectivity index (χ0n) is 13.8. The van der Waals surface area contributed by atoms with E-state index in [1.54, 1.807) is 6.92 Å². The van der Waals surface area contributed by atoms with Crippen LogP contribution in [0, 0.1) is 6.92 Å². The van der Waals surface area contributed by atoms with Crippen LogP contribution in [0.15, 0.2) is 28.7 Å². The second kappa shape index (κ2) is 6.69. The molecule has 23 heavy (non-hydrogen) atoms. The molecular weight excluding hydrogens is 294 g/mol. The van der Waals surface area contributed by atoms with E-state index < -0.39 is 11.9 Å². The van der Waals surface area contributed by atoms with Crippen molar-refractivity contribution in [3.8, 4) is 0 Å². The standard InChI is InChI=1S/C18H21NO4/c1-5-14-13(18(21)22)9-15(23-14)17(20)19-16-11(4)7-6-8-12(16)10(2)3/h6-10H,5H2,1-4H3,(H,19,20)(H,21,22). The number of amides is 1. The minimum Gasteiger partial charge on any atom is -0.478 e. The van der Waals surface area contributed by atoms with Crippen LogP contribution < -0.4 is 5.32 Å². The number of aryl methyl sites for hydroxylation is 2. The van der Waals surface area contributed by atoms with Crippen molar-refractivity contribution >= 4 is 17.6 Å². The minimum atomic E-state index is -1.09. The van der Waals surface area contributed by atoms with E-state index in [9.17, 15) is 9.59 Å². The summed E-state index contributed by atoms with van der Waals surface area (Å²) in [6.45, 7) is 7.80. The normalized spacial score (nSPS) is 10.8. The molecule has 0 fully saturated rings. The molecule has 1 aromatic heterocycles. The van der Waals surface area contributed by atoms with E-state index in [0.29, 0.717) is 12.2 Å². The third-order valence-corrected chi connectivity index (χ3v) is 3.75. The summed E-state index contributed by atoms with van der Waals surface area (Å²) in [4.78, 5) is 23.6. The highest BCUT2D eigenvalue weighted by atomic mass is 16.4. The summed E-state index contributed by atoms with van der Waals surface area (Å²) < 4.78 is 5.41. The summed E-state index contributed by atoms with van der Waals surface area (Å²) in [6.07, 6.45) is 0.413. The number of hydrogen-bond acceptors (Lipinski definition) is 3.